The molecule has 1 atom stereocenters. The topological polar surface area (TPSA) is 77.1 Å². The molecule has 0 fully saturated rings. The van der Waals surface area contributed by atoms with Crippen molar-refractivity contribution in [3.63, 3.8) is 0 Å². The summed E-state index contributed by atoms with van der Waals surface area (Å²) in [5.41, 5.74) is 5.89. The van der Waals surface area contributed by atoms with Gasteiger partial charge in [0.2, 0.25) is 5.91 Å². The van der Waals surface area contributed by atoms with Crippen molar-refractivity contribution in [1.82, 2.24) is 4.57 Å². The van der Waals surface area contributed by atoms with E-state index in [1.807, 2.05) is 6.26 Å². The number of hydrogen-bond acceptors (Lipinski definition) is 4. The molecule has 1 amide bonds. The third-order valence-electron chi connectivity index (χ3n) is 2.38. The average molecular weight is 290 g/mol. The number of pyridine rings is 1. The summed E-state index contributed by atoms with van der Waals surface area (Å²) in [5, 5.41) is 2.71. The van der Waals surface area contributed by atoms with Gasteiger partial charge in [-0.25, -0.2) is 0 Å². The van der Waals surface area contributed by atoms with Gasteiger partial charge in [-0.1, -0.05) is 11.6 Å². The molecule has 7 heteroatoms. The maximum Gasteiger partial charge on any atom is 0.269 e. The molecule has 0 aliphatic carbocycles. The predicted molar refractivity (Wildman–Crippen MR) is 76.3 cm³/mol. The van der Waals surface area contributed by atoms with Crippen LogP contribution < -0.4 is 16.6 Å². The first-order chi connectivity index (χ1) is 8.45. The number of nitrogens with zero attached hydrogens (tertiary/aromatic N) is 1. The van der Waals surface area contributed by atoms with Crippen LogP contribution in [-0.4, -0.2) is 28.5 Å². The van der Waals surface area contributed by atoms with Crippen LogP contribution in [0.2, 0.25) is 5.02 Å². The second-order valence-corrected chi connectivity index (χ2v) is 5.26. The Hall–Kier alpha value is -0.980. The van der Waals surface area contributed by atoms with Crippen LogP contribution in [0.1, 0.15) is 6.42 Å². The highest BCUT2D eigenvalue weighted by molar-refractivity contribution is 7.98. The summed E-state index contributed by atoms with van der Waals surface area (Å²) >= 11 is 7.38. The number of anilines is 1. The van der Waals surface area contributed by atoms with Crippen molar-refractivity contribution >= 4 is 35.0 Å². The Labute approximate surface area is 115 Å². The summed E-state index contributed by atoms with van der Waals surface area (Å²) in [7, 11) is 1.57. The van der Waals surface area contributed by atoms with Gasteiger partial charge in [0.05, 0.1) is 11.7 Å². The molecule has 1 rings (SSSR count). The fourth-order valence-electron chi connectivity index (χ4n) is 1.35. The Balaban J connectivity index is 2.73. The van der Waals surface area contributed by atoms with Crippen LogP contribution >= 0.6 is 23.4 Å². The lowest BCUT2D eigenvalue weighted by Crippen LogP contribution is -2.36. The van der Waals surface area contributed by atoms with E-state index >= 15 is 0 Å². The molecule has 5 nitrogen and oxygen atoms in total. The van der Waals surface area contributed by atoms with Crippen LogP contribution in [0.5, 0.6) is 0 Å². The number of rotatable bonds is 5. The summed E-state index contributed by atoms with van der Waals surface area (Å²) in [5.74, 6) is 0.543. The molecule has 1 aromatic rings. The second-order valence-electron chi connectivity index (χ2n) is 3.87. The Kier molecular flexibility index (Phi) is 5.71. The molecule has 1 aromatic heterocycles. The van der Waals surface area contributed by atoms with Crippen molar-refractivity contribution in [3.8, 4) is 0 Å². The first-order valence-corrected chi connectivity index (χ1v) is 7.14. The van der Waals surface area contributed by atoms with Crippen LogP contribution in [0, 0.1) is 0 Å². The van der Waals surface area contributed by atoms with E-state index < -0.39 is 6.04 Å². The van der Waals surface area contributed by atoms with E-state index in [1.165, 1.54) is 16.8 Å². The lowest BCUT2D eigenvalue weighted by atomic mass is 10.2. The van der Waals surface area contributed by atoms with Crippen LogP contribution in [0.15, 0.2) is 17.1 Å². The second kappa shape index (κ2) is 6.82. The molecule has 0 aliphatic heterocycles. The fourth-order valence-corrected chi connectivity index (χ4v) is 2.09. The number of aryl methyl sites for hydroxylation is 1. The van der Waals surface area contributed by atoms with Gasteiger partial charge in [-0.3, -0.25) is 9.59 Å². The molecule has 18 heavy (non-hydrogen) atoms. The third-order valence-corrected chi connectivity index (χ3v) is 3.29. The minimum atomic E-state index is -0.562. The quantitative estimate of drug-likeness (QED) is 0.850. The standard InChI is InChI=1S/C11H16ClN3O2S/c1-15-6-7(5-8(12)11(15)17)14-10(16)9(13)3-4-18-2/h5-6,9H,3-4,13H2,1-2H3,(H,14,16)/t9-/m0/s1. The highest BCUT2D eigenvalue weighted by atomic mass is 35.5. The van der Waals surface area contributed by atoms with Gasteiger partial charge in [0, 0.05) is 13.2 Å². The van der Waals surface area contributed by atoms with E-state index in [4.69, 9.17) is 17.3 Å². The molecule has 0 saturated heterocycles. The molecule has 0 bridgehead atoms. The van der Waals surface area contributed by atoms with E-state index in [0.29, 0.717) is 12.1 Å². The zero-order valence-corrected chi connectivity index (χ0v) is 11.8. The smallest absolute Gasteiger partial charge is 0.269 e. The summed E-state index contributed by atoms with van der Waals surface area (Å²) in [6, 6.07) is 0.858. The van der Waals surface area contributed by atoms with E-state index in [2.05, 4.69) is 5.32 Å². The lowest BCUT2D eigenvalue weighted by molar-refractivity contribution is -0.117. The minimum Gasteiger partial charge on any atom is -0.323 e. The Morgan fingerprint density at radius 1 is 1.67 bits per heavy atom. The lowest BCUT2D eigenvalue weighted by Gasteiger charge is -2.12. The van der Waals surface area contributed by atoms with E-state index in [9.17, 15) is 9.59 Å². The molecule has 1 heterocycles. The summed E-state index contributed by atoms with van der Waals surface area (Å²) in [6.45, 7) is 0. The highest BCUT2D eigenvalue weighted by Crippen LogP contribution is 2.11. The maximum atomic E-state index is 11.7. The van der Waals surface area contributed by atoms with Crippen molar-refractivity contribution in [1.29, 1.82) is 0 Å². The molecule has 0 aromatic carbocycles. The van der Waals surface area contributed by atoms with Crippen LogP contribution in [0.3, 0.4) is 0 Å². The first kappa shape index (κ1) is 15.1. The Bertz CT molecular complexity index is 463. The van der Waals surface area contributed by atoms with Crippen LogP contribution in [-0.2, 0) is 11.8 Å². The monoisotopic (exact) mass is 289 g/mol. The Morgan fingerprint density at radius 2 is 2.33 bits per heavy atom. The first-order valence-electron chi connectivity index (χ1n) is 5.37. The minimum absolute atomic E-state index is 0.0629. The predicted octanol–water partition coefficient (Wildman–Crippen LogP) is 1.06. The Morgan fingerprint density at radius 3 is 2.89 bits per heavy atom. The van der Waals surface area contributed by atoms with E-state index in [0.717, 1.165) is 5.75 Å². The number of carbonyl (C=O) groups excluding carboxylic acids is 1. The number of amides is 1. The van der Waals surface area contributed by atoms with Crippen molar-refractivity contribution in [2.45, 2.75) is 12.5 Å². The van der Waals surface area contributed by atoms with Gasteiger partial charge >= 0.3 is 0 Å². The molecule has 0 spiro atoms. The van der Waals surface area contributed by atoms with Gasteiger partial charge < -0.3 is 15.6 Å². The fraction of sp³-hybridized carbons (Fsp3) is 0.455. The molecule has 0 saturated carbocycles. The van der Waals surface area contributed by atoms with Gasteiger partial charge in [-0.15, -0.1) is 0 Å². The van der Waals surface area contributed by atoms with Crippen molar-refractivity contribution in [3.05, 3.63) is 27.6 Å². The molecule has 100 valence electrons. The number of nitrogens with one attached hydrogen (secondary N) is 1. The average Bonchev–Trinajstić information content (AvgIpc) is 2.32. The summed E-state index contributed by atoms with van der Waals surface area (Å²) in [4.78, 5) is 23.1. The number of thioether (sulfide) groups is 1. The van der Waals surface area contributed by atoms with Gasteiger partial charge in [-0.05, 0) is 24.5 Å². The van der Waals surface area contributed by atoms with E-state index in [-0.39, 0.29) is 16.5 Å². The molecular weight excluding hydrogens is 274 g/mol. The number of carbonyl (C=O) groups is 1. The number of halogens is 1. The maximum absolute atomic E-state index is 11.7. The van der Waals surface area contributed by atoms with Gasteiger partial charge in [0.1, 0.15) is 5.02 Å². The normalized spacial score (nSPS) is 12.2. The van der Waals surface area contributed by atoms with Crippen LogP contribution in [0.25, 0.3) is 0 Å². The van der Waals surface area contributed by atoms with Crippen molar-refractivity contribution in [2.75, 3.05) is 17.3 Å². The molecule has 3 N–H and O–H groups in total. The third kappa shape index (κ3) is 4.04. The highest BCUT2D eigenvalue weighted by Gasteiger charge is 2.13. The van der Waals surface area contributed by atoms with Gasteiger partial charge in [-0.2, -0.15) is 11.8 Å². The number of hydrogen-bond donors (Lipinski definition) is 2. The molecule has 0 radical (unpaired) electrons. The number of aromatic nitrogens is 1. The van der Waals surface area contributed by atoms with Crippen LogP contribution in [0.4, 0.5) is 5.69 Å². The summed E-state index contributed by atoms with van der Waals surface area (Å²) in [6.07, 6.45) is 4.07. The molecular formula is C11H16ClN3O2S. The SMILES string of the molecule is CSCC[C@H](N)C(=O)Nc1cc(Cl)c(=O)n(C)c1. The van der Waals surface area contributed by atoms with Crippen molar-refractivity contribution in [2.24, 2.45) is 12.8 Å². The summed E-state index contributed by atoms with van der Waals surface area (Å²) < 4.78 is 1.31. The largest absolute Gasteiger partial charge is 0.323 e. The van der Waals surface area contributed by atoms with Crippen molar-refractivity contribution < 1.29 is 4.79 Å². The zero-order valence-electron chi connectivity index (χ0n) is 10.3. The van der Waals surface area contributed by atoms with Gasteiger partial charge in [0.25, 0.3) is 5.56 Å². The zero-order chi connectivity index (χ0) is 13.7. The van der Waals surface area contributed by atoms with Gasteiger partial charge in [0.15, 0.2) is 0 Å². The van der Waals surface area contributed by atoms with E-state index in [1.54, 1.807) is 18.8 Å². The number of nitrogens with two attached hydrogens (primary N) is 1. The molecule has 0 unspecified atom stereocenters. The molecule has 0 aliphatic rings.